The van der Waals surface area contributed by atoms with Gasteiger partial charge in [-0.25, -0.2) is 9.78 Å². The van der Waals surface area contributed by atoms with Crippen molar-refractivity contribution >= 4 is 34.7 Å². The highest BCUT2D eigenvalue weighted by Gasteiger charge is 2.26. The summed E-state index contributed by atoms with van der Waals surface area (Å²) >= 11 is 1.36. The fraction of sp³-hybridized carbons (Fsp3) is 0.286. The summed E-state index contributed by atoms with van der Waals surface area (Å²) in [4.78, 5) is 29.3. The smallest absolute Gasteiger partial charge is 0.321 e. The quantitative estimate of drug-likeness (QED) is 0.618. The molecule has 3 amide bonds. The summed E-state index contributed by atoms with van der Waals surface area (Å²) in [7, 11) is 1.48. The van der Waals surface area contributed by atoms with Gasteiger partial charge in [0.15, 0.2) is 5.16 Å². The second-order valence-electron chi connectivity index (χ2n) is 6.86. The Bertz CT molecular complexity index is 969. The molecule has 0 saturated heterocycles. The number of benzene rings is 2. The minimum Gasteiger partial charge on any atom is -0.341 e. The van der Waals surface area contributed by atoms with E-state index in [1.807, 2.05) is 54.6 Å². The zero-order valence-corrected chi connectivity index (χ0v) is 17.0. The van der Waals surface area contributed by atoms with Crippen LogP contribution in [0.1, 0.15) is 24.7 Å². The molecule has 1 heterocycles. The molecule has 0 fully saturated rings. The second kappa shape index (κ2) is 8.93. The van der Waals surface area contributed by atoms with Crippen molar-refractivity contribution in [1.29, 1.82) is 0 Å². The van der Waals surface area contributed by atoms with Crippen LogP contribution in [0.2, 0.25) is 0 Å². The Morgan fingerprint density at radius 3 is 2.43 bits per heavy atom. The predicted octanol–water partition coefficient (Wildman–Crippen LogP) is 3.98. The highest BCUT2D eigenvalue weighted by atomic mass is 32.2. The zero-order valence-electron chi connectivity index (χ0n) is 16.2. The standard InChI is InChI=1S/C21H24N4O2S/c1-14(2)13-25-17-12-8-7-11-16(17)23-21(25)28-18(15-9-5-4-6-10-15)19(26)24-20(27)22-3/h4-12,14,18H,13H2,1-3H3,(H2,22,24,26,27)/t18-/m1/s1. The summed E-state index contributed by atoms with van der Waals surface area (Å²) in [5.41, 5.74) is 2.75. The summed E-state index contributed by atoms with van der Waals surface area (Å²) in [5.74, 6) is 0.0468. The molecular weight excluding hydrogens is 372 g/mol. The van der Waals surface area contributed by atoms with E-state index in [1.165, 1.54) is 18.8 Å². The van der Waals surface area contributed by atoms with Crippen molar-refractivity contribution in [3.8, 4) is 0 Å². The lowest BCUT2D eigenvalue weighted by atomic mass is 10.1. The number of hydrogen-bond donors (Lipinski definition) is 2. The van der Waals surface area contributed by atoms with Gasteiger partial charge in [-0.05, 0) is 23.6 Å². The highest BCUT2D eigenvalue weighted by molar-refractivity contribution is 8.00. The van der Waals surface area contributed by atoms with E-state index in [9.17, 15) is 9.59 Å². The number of imide groups is 1. The first-order valence-corrected chi connectivity index (χ1v) is 10.1. The van der Waals surface area contributed by atoms with Gasteiger partial charge in [0.2, 0.25) is 5.91 Å². The molecule has 0 bridgehead atoms. The van der Waals surface area contributed by atoms with Crippen molar-refractivity contribution in [2.45, 2.75) is 30.8 Å². The number of nitrogens with one attached hydrogen (secondary N) is 2. The van der Waals surface area contributed by atoms with Gasteiger partial charge in [0.05, 0.1) is 11.0 Å². The summed E-state index contributed by atoms with van der Waals surface area (Å²) in [6, 6.07) is 16.9. The van der Waals surface area contributed by atoms with Crippen LogP contribution in [-0.4, -0.2) is 28.5 Å². The summed E-state index contributed by atoms with van der Waals surface area (Å²) in [5, 5.41) is 4.98. The molecule has 0 saturated carbocycles. The van der Waals surface area contributed by atoms with Gasteiger partial charge in [-0.3, -0.25) is 10.1 Å². The Morgan fingerprint density at radius 2 is 1.75 bits per heavy atom. The molecule has 146 valence electrons. The molecule has 28 heavy (non-hydrogen) atoms. The average Bonchev–Trinajstić information content (AvgIpc) is 3.03. The highest BCUT2D eigenvalue weighted by Crippen LogP contribution is 2.37. The molecule has 2 N–H and O–H groups in total. The number of rotatable bonds is 6. The fourth-order valence-corrected chi connectivity index (χ4v) is 4.05. The molecule has 0 aliphatic rings. The molecule has 3 aromatic rings. The zero-order chi connectivity index (χ0) is 20.1. The van der Waals surface area contributed by atoms with Gasteiger partial charge in [-0.15, -0.1) is 0 Å². The largest absolute Gasteiger partial charge is 0.341 e. The van der Waals surface area contributed by atoms with E-state index < -0.39 is 11.3 Å². The van der Waals surface area contributed by atoms with Crippen LogP contribution in [0.15, 0.2) is 59.8 Å². The van der Waals surface area contributed by atoms with Crippen LogP contribution in [0.5, 0.6) is 0 Å². The second-order valence-corrected chi connectivity index (χ2v) is 7.94. The molecule has 0 aliphatic carbocycles. The van der Waals surface area contributed by atoms with Crippen LogP contribution >= 0.6 is 11.8 Å². The topological polar surface area (TPSA) is 76.0 Å². The molecule has 0 radical (unpaired) electrons. The van der Waals surface area contributed by atoms with Crippen molar-refractivity contribution in [1.82, 2.24) is 20.2 Å². The number of fused-ring (bicyclic) bond motifs is 1. The molecule has 0 aliphatic heterocycles. The van der Waals surface area contributed by atoms with Crippen LogP contribution < -0.4 is 10.6 Å². The van der Waals surface area contributed by atoms with Gasteiger partial charge in [-0.2, -0.15) is 0 Å². The van der Waals surface area contributed by atoms with E-state index in [0.29, 0.717) is 5.92 Å². The molecule has 7 heteroatoms. The van der Waals surface area contributed by atoms with E-state index in [2.05, 4.69) is 29.0 Å². The van der Waals surface area contributed by atoms with Gasteiger partial charge in [0.25, 0.3) is 0 Å². The lowest BCUT2D eigenvalue weighted by Crippen LogP contribution is -2.39. The van der Waals surface area contributed by atoms with Crippen LogP contribution in [0.25, 0.3) is 11.0 Å². The van der Waals surface area contributed by atoms with Gasteiger partial charge in [-0.1, -0.05) is 68.1 Å². The number of aromatic nitrogens is 2. The Hall–Kier alpha value is -2.80. The van der Waals surface area contributed by atoms with E-state index in [1.54, 1.807) is 0 Å². The van der Waals surface area contributed by atoms with Crippen molar-refractivity contribution in [2.75, 3.05) is 7.05 Å². The molecule has 0 unspecified atom stereocenters. The third-order valence-electron chi connectivity index (χ3n) is 4.19. The molecule has 1 aromatic heterocycles. The number of carbonyl (C=O) groups is 2. The number of urea groups is 1. The van der Waals surface area contributed by atoms with Crippen molar-refractivity contribution in [3.05, 3.63) is 60.2 Å². The lowest BCUT2D eigenvalue weighted by molar-refractivity contribution is -0.119. The summed E-state index contributed by atoms with van der Waals surface area (Å²) < 4.78 is 2.15. The number of imidazole rings is 1. The number of carbonyl (C=O) groups excluding carboxylic acids is 2. The number of hydrogen-bond acceptors (Lipinski definition) is 4. The van der Waals surface area contributed by atoms with E-state index in [0.717, 1.165) is 28.3 Å². The van der Waals surface area contributed by atoms with Gasteiger partial charge < -0.3 is 9.88 Å². The molecular formula is C21H24N4O2S. The molecule has 3 rings (SSSR count). The number of nitrogens with zero attached hydrogens (tertiary/aromatic N) is 2. The minimum atomic E-state index is -0.596. The van der Waals surface area contributed by atoms with Gasteiger partial charge in [0, 0.05) is 13.6 Å². The maximum Gasteiger partial charge on any atom is 0.321 e. The number of amides is 3. The first kappa shape index (κ1) is 19.9. The van der Waals surface area contributed by atoms with Crippen molar-refractivity contribution in [2.24, 2.45) is 5.92 Å². The molecule has 6 nitrogen and oxygen atoms in total. The Balaban J connectivity index is 2.00. The molecule has 2 aromatic carbocycles. The summed E-state index contributed by atoms with van der Waals surface area (Å²) in [6.45, 7) is 5.09. The Morgan fingerprint density at radius 1 is 1.07 bits per heavy atom. The van der Waals surface area contributed by atoms with Gasteiger partial charge in [0.1, 0.15) is 5.25 Å². The first-order valence-electron chi connectivity index (χ1n) is 9.19. The van der Waals surface area contributed by atoms with Crippen molar-refractivity contribution in [3.63, 3.8) is 0 Å². The molecule has 1 atom stereocenters. The van der Waals surface area contributed by atoms with E-state index in [-0.39, 0.29) is 5.91 Å². The monoisotopic (exact) mass is 396 g/mol. The maximum absolute atomic E-state index is 12.8. The number of thioether (sulfide) groups is 1. The Kier molecular flexibility index (Phi) is 6.36. The third kappa shape index (κ3) is 4.54. The SMILES string of the molecule is CNC(=O)NC(=O)[C@H](Sc1nc2ccccc2n1CC(C)C)c1ccccc1. The van der Waals surface area contributed by atoms with Crippen LogP contribution in [0.4, 0.5) is 4.79 Å². The number of para-hydroxylation sites is 2. The maximum atomic E-state index is 12.8. The Labute approximate surface area is 168 Å². The lowest BCUT2D eigenvalue weighted by Gasteiger charge is -2.18. The van der Waals surface area contributed by atoms with Crippen LogP contribution in [-0.2, 0) is 11.3 Å². The normalized spacial score (nSPS) is 12.1. The van der Waals surface area contributed by atoms with Crippen molar-refractivity contribution < 1.29 is 9.59 Å². The first-order chi connectivity index (χ1) is 13.5. The van der Waals surface area contributed by atoms with E-state index >= 15 is 0 Å². The minimum absolute atomic E-state index is 0.376. The third-order valence-corrected chi connectivity index (χ3v) is 5.44. The summed E-state index contributed by atoms with van der Waals surface area (Å²) in [6.07, 6.45) is 0. The average molecular weight is 397 g/mol. The fourth-order valence-electron chi connectivity index (χ4n) is 2.93. The van der Waals surface area contributed by atoms with Crippen LogP contribution in [0, 0.1) is 5.92 Å². The predicted molar refractivity (Wildman–Crippen MR) is 112 cm³/mol. The van der Waals surface area contributed by atoms with Crippen LogP contribution in [0.3, 0.4) is 0 Å². The van der Waals surface area contributed by atoms with Gasteiger partial charge >= 0.3 is 6.03 Å². The molecule has 0 spiro atoms. The van der Waals surface area contributed by atoms with E-state index in [4.69, 9.17) is 4.98 Å².